The van der Waals surface area contributed by atoms with E-state index in [1.807, 2.05) is 0 Å². The minimum Gasteiger partial charge on any atom is -0.380 e. The number of hydrogen-bond donors (Lipinski definition) is 2. The van der Waals surface area contributed by atoms with Gasteiger partial charge < -0.3 is 15.4 Å². The molecule has 0 aromatic rings. The lowest BCUT2D eigenvalue weighted by Gasteiger charge is -2.32. The summed E-state index contributed by atoms with van der Waals surface area (Å²) in [4.78, 5) is 12.2. The zero-order valence-electron chi connectivity index (χ0n) is 8.92. The van der Waals surface area contributed by atoms with Gasteiger partial charge in [0.1, 0.15) is 0 Å². The molecule has 0 aromatic heterocycles. The van der Waals surface area contributed by atoms with Gasteiger partial charge in [0.25, 0.3) is 0 Å². The number of ether oxygens (including phenoxy) is 1. The largest absolute Gasteiger partial charge is 0.380 e. The first-order valence-corrected chi connectivity index (χ1v) is 5.91. The molecule has 0 aromatic carbocycles. The van der Waals surface area contributed by atoms with Gasteiger partial charge in [-0.3, -0.25) is 4.79 Å². The molecule has 3 fully saturated rings. The molecular weight excluding hydrogens is 192 g/mol. The Morgan fingerprint density at radius 3 is 3.07 bits per heavy atom. The van der Waals surface area contributed by atoms with Crippen molar-refractivity contribution >= 4 is 5.91 Å². The molecule has 4 heteroatoms. The minimum atomic E-state index is -0.254. The Morgan fingerprint density at radius 2 is 2.33 bits per heavy atom. The highest BCUT2D eigenvalue weighted by atomic mass is 16.5. The van der Waals surface area contributed by atoms with Gasteiger partial charge >= 0.3 is 0 Å². The van der Waals surface area contributed by atoms with Crippen LogP contribution in [0.3, 0.4) is 0 Å². The van der Waals surface area contributed by atoms with Crippen LogP contribution in [0.5, 0.6) is 0 Å². The van der Waals surface area contributed by atoms with E-state index in [1.54, 1.807) is 0 Å². The van der Waals surface area contributed by atoms with Gasteiger partial charge in [0.15, 0.2) is 0 Å². The number of rotatable bonds is 2. The van der Waals surface area contributed by atoms with Crippen molar-refractivity contribution in [1.82, 2.24) is 10.6 Å². The number of carbonyl (C=O) groups excluding carboxylic acids is 1. The Hall–Kier alpha value is -0.610. The van der Waals surface area contributed by atoms with Crippen molar-refractivity contribution in [3.63, 3.8) is 0 Å². The van der Waals surface area contributed by atoms with Gasteiger partial charge in [-0.15, -0.1) is 0 Å². The second-order valence-corrected chi connectivity index (χ2v) is 5.10. The maximum Gasteiger partial charge on any atom is 0.230 e. The lowest BCUT2D eigenvalue weighted by molar-refractivity contribution is -0.132. The van der Waals surface area contributed by atoms with Gasteiger partial charge in [-0.25, -0.2) is 0 Å². The molecule has 2 atom stereocenters. The van der Waals surface area contributed by atoms with E-state index in [0.717, 1.165) is 32.5 Å². The standard InChI is InChI=1S/C11H18N2O2/c14-10(13-9-2-1-3-9)11-6-12-4-8(11)5-15-7-11/h8-9,12H,1-7H2,(H,13,14)/t8-,11-/m0/s1. The number of carbonyl (C=O) groups is 1. The Morgan fingerprint density at radius 1 is 1.47 bits per heavy atom. The fourth-order valence-corrected chi connectivity index (χ4v) is 2.79. The van der Waals surface area contributed by atoms with Crippen LogP contribution in [0.4, 0.5) is 0 Å². The van der Waals surface area contributed by atoms with Gasteiger partial charge in [0.05, 0.1) is 18.6 Å². The topological polar surface area (TPSA) is 50.4 Å². The third-order valence-electron chi connectivity index (χ3n) is 4.18. The Bertz CT molecular complexity index is 266. The van der Waals surface area contributed by atoms with Gasteiger partial charge in [-0.05, 0) is 19.3 Å². The summed E-state index contributed by atoms with van der Waals surface area (Å²) in [6, 6.07) is 0.439. The maximum atomic E-state index is 12.2. The summed E-state index contributed by atoms with van der Waals surface area (Å²) < 4.78 is 5.47. The zero-order chi connectivity index (χ0) is 10.3. The minimum absolute atomic E-state index is 0.222. The summed E-state index contributed by atoms with van der Waals surface area (Å²) in [5.74, 6) is 0.609. The van der Waals surface area contributed by atoms with E-state index in [1.165, 1.54) is 6.42 Å². The van der Waals surface area contributed by atoms with E-state index in [4.69, 9.17) is 4.74 Å². The molecule has 2 saturated heterocycles. The molecule has 0 bridgehead atoms. The lowest BCUT2D eigenvalue weighted by Crippen LogP contribution is -2.51. The maximum absolute atomic E-state index is 12.2. The van der Waals surface area contributed by atoms with E-state index in [0.29, 0.717) is 18.6 Å². The quantitative estimate of drug-likeness (QED) is 0.668. The summed E-state index contributed by atoms with van der Waals surface area (Å²) in [5, 5.41) is 6.48. The molecule has 0 spiro atoms. The first kappa shape index (κ1) is 9.60. The molecular formula is C11H18N2O2. The Labute approximate surface area is 89.7 Å². The highest BCUT2D eigenvalue weighted by Gasteiger charge is 2.53. The van der Waals surface area contributed by atoms with Crippen molar-refractivity contribution in [2.75, 3.05) is 26.3 Å². The second kappa shape index (κ2) is 3.46. The lowest BCUT2D eigenvalue weighted by atomic mass is 9.79. The fraction of sp³-hybridized carbons (Fsp3) is 0.909. The molecule has 2 aliphatic heterocycles. The van der Waals surface area contributed by atoms with Gasteiger partial charge in [0.2, 0.25) is 5.91 Å². The SMILES string of the molecule is O=C(NC1CCC1)[C@]12CNC[C@H]1COC2. The Kier molecular flexibility index (Phi) is 2.21. The number of nitrogens with one attached hydrogen (secondary N) is 2. The smallest absolute Gasteiger partial charge is 0.230 e. The van der Waals surface area contributed by atoms with Gasteiger partial charge in [0, 0.05) is 25.0 Å². The van der Waals surface area contributed by atoms with Crippen molar-refractivity contribution in [1.29, 1.82) is 0 Å². The van der Waals surface area contributed by atoms with Crippen molar-refractivity contribution in [2.45, 2.75) is 25.3 Å². The van der Waals surface area contributed by atoms with Crippen LogP contribution < -0.4 is 10.6 Å². The zero-order valence-corrected chi connectivity index (χ0v) is 8.92. The predicted molar refractivity (Wildman–Crippen MR) is 55.4 cm³/mol. The van der Waals surface area contributed by atoms with E-state index in [-0.39, 0.29) is 11.3 Å². The van der Waals surface area contributed by atoms with E-state index in [2.05, 4.69) is 10.6 Å². The van der Waals surface area contributed by atoms with Crippen LogP contribution in [0.2, 0.25) is 0 Å². The highest BCUT2D eigenvalue weighted by Crippen LogP contribution is 2.38. The van der Waals surface area contributed by atoms with Crippen LogP contribution in [0.25, 0.3) is 0 Å². The molecule has 3 rings (SSSR count). The van der Waals surface area contributed by atoms with Crippen LogP contribution in [0.1, 0.15) is 19.3 Å². The molecule has 2 heterocycles. The van der Waals surface area contributed by atoms with Gasteiger partial charge in [-0.2, -0.15) is 0 Å². The summed E-state index contributed by atoms with van der Waals surface area (Å²) in [5.41, 5.74) is -0.254. The van der Waals surface area contributed by atoms with Crippen LogP contribution in [0, 0.1) is 11.3 Å². The number of amides is 1. The molecule has 84 valence electrons. The molecule has 3 aliphatic rings. The first-order chi connectivity index (χ1) is 7.31. The van der Waals surface area contributed by atoms with Crippen LogP contribution in [-0.4, -0.2) is 38.3 Å². The third-order valence-corrected chi connectivity index (χ3v) is 4.18. The van der Waals surface area contributed by atoms with Crippen molar-refractivity contribution in [3.05, 3.63) is 0 Å². The van der Waals surface area contributed by atoms with Crippen LogP contribution in [-0.2, 0) is 9.53 Å². The molecule has 1 amide bonds. The van der Waals surface area contributed by atoms with Crippen molar-refractivity contribution in [2.24, 2.45) is 11.3 Å². The molecule has 0 radical (unpaired) electrons. The second-order valence-electron chi connectivity index (χ2n) is 5.10. The summed E-state index contributed by atoms with van der Waals surface area (Å²) >= 11 is 0. The summed E-state index contributed by atoms with van der Waals surface area (Å²) in [6.07, 6.45) is 3.57. The average Bonchev–Trinajstić information content (AvgIpc) is 2.68. The third kappa shape index (κ3) is 1.39. The number of hydrogen-bond acceptors (Lipinski definition) is 3. The van der Waals surface area contributed by atoms with Crippen molar-refractivity contribution < 1.29 is 9.53 Å². The molecule has 15 heavy (non-hydrogen) atoms. The van der Waals surface area contributed by atoms with E-state index < -0.39 is 0 Å². The average molecular weight is 210 g/mol. The Balaban J connectivity index is 1.70. The fourth-order valence-electron chi connectivity index (χ4n) is 2.79. The highest BCUT2D eigenvalue weighted by molar-refractivity contribution is 5.84. The van der Waals surface area contributed by atoms with E-state index >= 15 is 0 Å². The number of fused-ring (bicyclic) bond motifs is 1. The molecule has 2 N–H and O–H groups in total. The molecule has 0 unspecified atom stereocenters. The predicted octanol–water partition coefficient (Wildman–Crippen LogP) is -0.109. The molecule has 4 nitrogen and oxygen atoms in total. The van der Waals surface area contributed by atoms with Crippen LogP contribution >= 0.6 is 0 Å². The molecule has 1 saturated carbocycles. The van der Waals surface area contributed by atoms with Crippen molar-refractivity contribution in [3.8, 4) is 0 Å². The first-order valence-electron chi connectivity index (χ1n) is 5.91. The normalized spacial score (nSPS) is 39.9. The molecule has 1 aliphatic carbocycles. The summed E-state index contributed by atoms with van der Waals surface area (Å²) in [6.45, 7) is 3.06. The summed E-state index contributed by atoms with van der Waals surface area (Å²) in [7, 11) is 0. The van der Waals surface area contributed by atoms with Crippen LogP contribution in [0.15, 0.2) is 0 Å². The van der Waals surface area contributed by atoms with E-state index in [9.17, 15) is 4.79 Å². The monoisotopic (exact) mass is 210 g/mol. The van der Waals surface area contributed by atoms with Gasteiger partial charge in [-0.1, -0.05) is 0 Å².